The largest absolute Gasteiger partial charge is 0.492 e. The maximum absolute atomic E-state index is 11.3. The van der Waals surface area contributed by atoms with E-state index in [-0.39, 0.29) is 37.3 Å². The molecule has 1 aromatic rings. The number of hydrogen-bond acceptors (Lipinski definition) is 4. The number of halogens is 1. The SMILES string of the molecule is Cc1cccc(OCCNC(=O)CNC(=O)CN)c1.Cl. The van der Waals surface area contributed by atoms with Crippen molar-refractivity contribution in [2.24, 2.45) is 5.73 Å². The van der Waals surface area contributed by atoms with E-state index >= 15 is 0 Å². The van der Waals surface area contributed by atoms with Gasteiger partial charge in [0.2, 0.25) is 11.8 Å². The van der Waals surface area contributed by atoms with Gasteiger partial charge >= 0.3 is 0 Å². The van der Waals surface area contributed by atoms with Crippen LogP contribution in [0.25, 0.3) is 0 Å². The second-order valence-corrected chi connectivity index (χ2v) is 4.00. The van der Waals surface area contributed by atoms with Gasteiger partial charge in [0.15, 0.2) is 0 Å². The second kappa shape index (κ2) is 10.1. The molecule has 2 amide bonds. The highest BCUT2D eigenvalue weighted by atomic mass is 35.5. The third-order valence-corrected chi connectivity index (χ3v) is 2.31. The average Bonchev–Trinajstić information content (AvgIpc) is 2.41. The van der Waals surface area contributed by atoms with E-state index in [9.17, 15) is 9.59 Å². The second-order valence-electron chi connectivity index (χ2n) is 4.00. The maximum Gasteiger partial charge on any atom is 0.239 e. The number of rotatable bonds is 7. The molecule has 0 saturated heterocycles. The van der Waals surface area contributed by atoms with E-state index in [2.05, 4.69) is 10.6 Å². The molecule has 0 heterocycles. The van der Waals surface area contributed by atoms with Crippen LogP contribution < -0.4 is 21.1 Å². The zero-order chi connectivity index (χ0) is 14.1. The van der Waals surface area contributed by atoms with Crippen molar-refractivity contribution in [2.45, 2.75) is 6.92 Å². The van der Waals surface area contributed by atoms with E-state index in [0.29, 0.717) is 13.2 Å². The van der Waals surface area contributed by atoms with Gasteiger partial charge in [0.25, 0.3) is 0 Å². The number of nitrogens with one attached hydrogen (secondary N) is 2. The van der Waals surface area contributed by atoms with Crippen molar-refractivity contribution < 1.29 is 14.3 Å². The first kappa shape index (κ1) is 18.2. The zero-order valence-corrected chi connectivity index (χ0v) is 12.2. The van der Waals surface area contributed by atoms with Crippen molar-refractivity contribution >= 4 is 24.2 Å². The molecule has 6 nitrogen and oxygen atoms in total. The van der Waals surface area contributed by atoms with Gasteiger partial charge in [-0.3, -0.25) is 9.59 Å². The molecular weight excluding hydrogens is 282 g/mol. The van der Waals surface area contributed by atoms with Crippen LogP contribution in [0.1, 0.15) is 5.56 Å². The molecule has 0 aliphatic rings. The van der Waals surface area contributed by atoms with Gasteiger partial charge in [0, 0.05) is 0 Å². The molecule has 0 aromatic heterocycles. The Bertz CT molecular complexity index is 441. The van der Waals surface area contributed by atoms with Gasteiger partial charge in [-0.25, -0.2) is 0 Å². The van der Waals surface area contributed by atoms with Crippen LogP contribution in [0, 0.1) is 6.92 Å². The summed E-state index contributed by atoms with van der Waals surface area (Å²) in [5.41, 5.74) is 6.21. The van der Waals surface area contributed by atoms with Gasteiger partial charge in [0.1, 0.15) is 12.4 Å². The minimum Gasteiger partial charge on any atom is -0.492 e. The molecule has 0 aliphatic carbocycles. The highest BCUT2D eigenvalue weighted by Crippen LogP contribution is 2.11. The fourth-order valence-corrected chi connectivity index (χ4v) is 1.38. The van der Waals surface area contributed by atoms with Crippen molar-refractivity contribution in [1.82, 2.24) is 10.6 Å². The summed E-state index contributed by atoms with van der Waals surface area (Å²) < 4.78 is 5.46. The Morgan fingerprint density at radius 1 is 1.25 bits per heavy atom. The number of ether oxygens (including phenoxy) is 1. The van der Waals surface area contributed by atoms with Crippen molar-refractivity contribution in [3.05, 3.63) is 29.8 Å². The van der Waals surface area contributed by atoms with E-state index in [1.807, 2.05) is 31.2 Å². The summed E-state index contributed by atoms with van der Waals surface area (Å²) in [6, 6.07) is 7.67. The highest BCUT2D eigenvalue weighted by Gasteiger charge is 2.03. The van der Waals surface area contributed by atoms with Crippen LogP contribution >= 0.6 is 12.4 Å². The molecule has 4 N–H and O–H groups in total. The quantitative estimate of drug-likeness (QED) is 0.617. The number of nitrogens with two attached hydrogens (primary N) is 1. The fourth-order valence-electron chi connectivity index (χ4n) is 1.38. The smallest absolute Gasteiger partial charge is 0.239 e. The average molecular weight is 302 g/mol. The topological polar surface area (TPSA) is 93.5 Å². The summed E-state index contributed by atoms with van der Waals surface area (Å²) in [5.74, 6) is 0.145. The normalized spacial score (nSPS) is 9.30. The monoisotopic (exact) mass is 301 g/mol. The molecule has 0 bridgehead atoms. The number of aryl methyl sites for hydroxylation is 1. The van der Waals surface area contributed by atoms with Crippen molar-refractivity contribution in [3.8, 4) is 5.75 Å². The predicted molar refractivity (Wildman–Crippen MR) is 79.0 cm³/mol. The van der Waals surface area contributed by atoms with Crippen LogP contribution in [0.5, 0.6) is 5.75 Å². The minimum atomic E-state index is -0.355. The molecule has 0 spiro atoms. The van der Waals surface area contributed by atoms with Crippen LogP contribution in [0.3, 0.4) is 0 Å². The summed E-state index contributed by atoms with van der Waals surface area (Å²) in [7, 11) is 0. The maximum atomic E-state index is 11.3. The first-order valence-corrected chi connectivity index (χ1v) is 6.04. The van der Waals surface area contributed by atoms with Crippen molar-refractivity contribution in [1.29, 1.82) is 0 Å². The Morgan fingerprint density at radius 2 is 2.00 bits per heavy atom. The molecule has 0 aliphatic heterocycles. The lowest BCUT2D eigenvalue weighted by Crippen LogP contribution is -2.40. The van der Waals surface area contributed by atoms with Crippen LogP contribution in [-0.4, -0.2) is 38.1 Å². The van der Waals surface area contributed by atoms with E-state index in [1.165, 1.54) is 0 Å². The van der Waals surface area contributed by atoms with E-state index in [4.69, 9.17) is 10.5 Å². The summed E-state index contributed by atoms with van der Waals surface area (Å²) in [5, 5.41) is 5.01. The Kier molecular flexibility index (Phi) is 9.15. The van der Waals surface area contributed by atoms with E-state index < -0.39 is 0 Å². The number of carbonyl (C=O) groups excluding carboxylic acids is 2. The Morgan fingerprint density at radius 3 is 2.65 bits per heavy atom. The molecule has 112 valence electrons. The molecule has 0 unspecified atom stereocenters. The molecule has 0 radical (unpaired) electrons. The Balaban J connectivity index is 0.00000361. The molecule has 7 heteroatoms. The van der Waals surface area contributed by atoms with Gasteiger partial charge in [-0.15, -0.1) is 12.4 Å². The molecule has 1 aromatic carbocycles. The zero-order valence-electron chi connectivity index (χ0n) is 11.3. The summed E-state index contributed by atoms with van der Waals surface area (Å²) in [6.07, 6.45) is 0. The van der Waals surface area contributed by atoms with Gasteiger partial charge < -0.3 is 21.1 Å². The van der Waals surface area contributed by atoms with Gasteiger partial charge in [-0.2, -0.15) is 0 Å². The van der Waals surface area contributed by atoms with Crippen molar-refractivity contribution in [3.63, 3.8) is 0 Å². The number of amides is 2. The lowest BCUT2D eigenvalue weighted by molar-refractivity contribution is -0.125. The molecular formula is C13H20ClN3O3. The van der Waals surface area contributed by atoms with Gasteiger partial charge in [0.05, 0.1) is 19.6 Å². The molecule has 20 heavy (non-hydrogen) atoms. The number of hydrogen-bond donors (Lipinski definition) is 3. The van der Waals surface area contributed by atoms with E-state index in [1.54, 1.807) is 0 Å². The predicted octanol–water partition coefficient (Wildman–Crippen LogP) is -0.0133. The fraction of sp³-hybridized carbons (Fsp3) is 0.385. The molecule has 0 saturated carbocycles. The first-order valence-electron chi connectivity index (χ1n) is 6.04. The lowest BCUT2D eigenvalue weighted by Gasteiger charge is -2.08. The first-order chi connectivity index (χ1) is 9.11. The highest BCUT2D eigenvalue weighted by molar-refractivity contribution is 5.85. The van der Waals surface area contributed by atoms with Crippen LogP contribution in [0.15, 0.2) is 24.3 Å². The van der Waals surface area contributed by atoms with Gasteiger partial charge in [-0.05, 0) is 24.6 Å². The number of benzene rings is 1. The van der Waals surface area contributed by atoms with Crippen LogP contribution in [-0.2, 0) is 9.59 Å². The molecule has 0 atom stereocenters. The Hall–Kier alpha value is -1.79. The summed E-state index contributed by atoms with van der Waals surface area (Å²) >= 11 is 0. The summed E-state index contributed by atoms with van der Waals surface area (Å²) in [4.78, 5) is 22.1. The molecule has 0 fully saturated rings. The number of carbonyl (C=O) groups is 2. The van der Waals surface area contributed by atoms with Crippen molar-refractivity contribution in [2.75, 3.05) is 26.2 Å². The van der Waals surface area contributed by atoms with Crippen LogP contribution in [0.4, 0.5) is 0 Å². The van der Waals surface area contributed by atoms with Crippen LogP contribution in [0.2, 0.25) is 0 Å². The third kappa shape index (κ3) is 7.60. The molecule has 1 rings (SSSR count). The Labute approximate surface area is 124 Å². The summed E-state index contributed by atoms with van der Waals surface area (Å²) in [6.45, 7) is 2.55. The van der Waals surface area contributed by atoms with Gasteiger partial charge in [-0.1, -0.05) is 12.1 Å². The minimum absolute atomic E-state index is 0. The third-order valence-electron chi connectivity index (χ3n) is 2.31. The lowest BCUT2D eigenvalue weighted by atomic mass is 10.2. The van der Waals surface area contributed by atoms with E-state index in [0.717, 1.165) is 11.3 Å². The standard InChI is InChI=1S/C13H19N3O3.ClH/c1-10-3-2-4-11(7-10)19-6-5-15-13(18)9-16-12(17)8-14;/h2-4,7H,5-6,8-9,14H2,1H3,(H,15,18)(H,16,17);1H.